The van der Waals surface area contributed by atoms with Gasteiger partial charge in [-0.25, -0.2) is 8.78 Å². The van der Waals surface area contributed by atoms with Crippen LogP contribution in [0.4, 0.5) is 14.5 Å². The van der Waals surface area contributed by atoms with Gasteiger partial charge in [0, 0.05) is 6.07 Å². The van der Waals surface area contributed by atoms with Crippen LogP contribution in [0.1, 0.15) is 11.6 Å². The summed E-state index contributed by atoms with van der Waals surface area (Å²) in [7, 11) is 0. The fourth-order valence-electron chi connectivity index (χ4n) is 1.82. The Morgan fingerprint density at radius 2 is 1.90 bits per heavy atom. The number of rotatable bonds is 4. The van der Waals surface area contributed by atoms with Crippen molar-refractivity contribution >= 4 is 11.6 Å². The topological polar surface area (TPSA) is 75.4 Å². The lowest BCUT2D eigenvalue weighted by Gasteiger charge is -2.18. The highest BCUT2D eigenvalue weighted by molar-refractivity contribution is 5.84. The zero-order valence-electron chi connectivity index (χ0n) is 10.3. The summed E-state index contributed by atoms with van der Waals surface area (Å²) in [5.74, 6) is -2.46. The Morgan fingerprint density at radius 3 is 2.50 bits per heavy atom. The molecule has 0 saturated heterocycles. The van der Waals surface area contributed by atoms with E-state index in [-0.39, 0.29) is 17.0 Å². The third-order valence-corrected chi connectivity index (χ3v) is 2.70. The SMILES string of the molecule is NC(=O)C(Nc1ccccc1F)c1cc(O)cc(F)c1. The minimum absolute atomic E-state index is 0.0556. The average Bonchev–Trinajstić information content (AvgIpc) is 2.36. The van der Waals surface area contributed by atoms with Crippen molar-refractivity contribution in [3.63, 3.8) is 0 Å². The molecule has 2 rings (SSSR count). The maximum Gasteiger partial charge on any atom is 0.244 e. The van der Waals surface area contributed by atoms with Crippen molar-refractivity contribution in [2.45, 2.75) is 6.04 Å². The quantitative estimate of drug-likeness (QED) is 0.803. The number of phenols is 1. The number of nitrogens with two attached hydrogens (primary N) is 1. The molecule has 0 heterocycles. The fourth-order valence-corrected chi connectivity index (χ4v) is 1.82. The van der Waals surface area contributed by atoms with E-state index in [9.17, 15) is 18.7 Å². The largest absolute Gasteiger partial charge is 0.508 e. The number of carbonyl (C=O) groups is 1. The molecule has 0 fully saturated rings. The van der Waals surface area contributed by atoms with Crippen LogP contribution in [0.2, 0.25) is 0 Å². The van der Waals surface area contributed by atoms with E-state index >= 15 is 0 Å². The molecule has 2 aromatic carbocycles. The van der Waals surface area contributed by atoms with Gasteiger partial charge in [0.25, 0.3) is 0 Å². The van der Waals surface area contributed by atoms with Gasteiger partial charge in [0.15, 0.2) is 0 Å². The number of anilines is 1. The van der Waals surface area contributed by atoms with Crippen molar-refractivity contribution in [3.8, 4) is 5.75 Å². The zero-order chi connectivity index (χ0) is 14.7. The highest BCUT2D eigenvalue weighted by atomic mass is 19.1. The van der Waals surface area contributed by atoms with E-state index in [1.165, 1.54) is 24.3 Å². The number of carbonyl (C=O) groups excluding carboxylic acids is 1. The zero-order valence-corrected chi connectivity index (χ0v) is 10.3. The molecule has 6 heteroatoms. The second-order valence-corrected chi connectivity index (χ2v) is 4.20. The Hall–Kier alpha value is -2.63. The molecule has 0 aliphatic carbocycles. The van der Waals surface area contributed by atoms with Crippen LogP contribution in [0.15, 0.2) is 42.5 Å². The van der Waals surface area contributed by atoms with Gasteiger partial charge in [-0.3, -0.25) is 4.79 Å². The molecule has 2 aromatic rings. The van der Waals surface area contributed by atoms with E-state index in [0.717, 1.165) is 12.1 Å². The third kappa shape index (κ3) is 3.03. The maximum absolute atomic E-state index is 13.5. The van der Waals surface area contributed by atoms with Gasteiger partial charge in [0.2, 0.25) is 5.91 Å². The van der Waals surface area contributed by atoms with Gasteiger partial charge >= 0.3 is 0 Å². The number of para-hydroxylation sites is 1. The Balaban J connectivity index is 2.37. The standard InChI is InChI=1S/C14H12F2N2O2/c15-9-5-8(6-10(19)7-9)13(14(17)20)18-12-4-2-1-3-11(12)16/h1-7,13,18-19H,(H2,17,20). The summed E-state index contributed by atoms with van der Waals surface area (Å²) in [4.78, 5) is 11.5. The smallest absolute Gasteiger partial charge is 0.244 e. The van der Waals surface area contributed by atoms with Crippen molar-refractivity contribution in [3.05, 3.63) is 59.7 Å². The van der Waals surface area contributed by atoms with Gasteiger partial charge in [-0.2, -0.15) is 0 Å². The third-order valence-electron chi connectivity index (χ3n) is 2.70. The highest BCUT2D eigenvalue weighted by Gasteiger charge is 2.20. The van der Waals surface area contributed by atoms with E-state index in [2.05, 4.69) is 5.32 Å². The minimum Gasteiger partial charge on any atom is -0.508 e. The van der Waals surface area contributed by atoms with E-state index in [1.807, 2.05) is 0 Å². The van der Waals surface area contributed by atoms with E-state index in [1.54, 1.807) is 6.07 Å². The Morgan fingerprint density at radius 1 is 1.20 bits per heavy atom. The van der Waals surface area contributed by atoms with E-state index in [0.29, 0.717) is 0 Å². The first-order valence-corrected chi connectivity index (χ1v) is 5.77. The van der Waals surface area contributed by atoms with Crippen molar-refractivity contribution in [1.29, 1.82) is 0 Å². The van der Waals surface area contributed by atoms with Crippen LogP contribution in [-0.4, -0.2) is 11.0 Å². The molecule has 0 radical (unpaired) electrons. The Kier molecular flexibility index (Phi) is 3.84. The van der Waals surface area contributed by atoms with Gasteiger partial charge in [-0.1, -0.05) is 12.1 Å². The minimum atomic E-state index is -1.16. The van der Waals surface area contributed by atoms with Crippen LogP contribution >= 0.6 is 0 Å². The van der Waals surface area contributed by atoms with Crippen molar-refractivity contribution in [2.75, 3.05) is 5.32 Å². The number of phenolic OH excluding ortho intramolecular Hbond substituents is 1. The molecule has 104 valence electrons. The summed E-state index contributed by atoms with van der Waals surface area (Å²) in [5, 5.41) is 11.9. The van der Waals surface area contributed by atoms with Crippen molar-refractivity contribution in [2.24, 2.45) is 5.73 Å². The van der Waals surface area contributed by atoms with Crippen LogP contribution in [0.3, 0.4) is 0 Å². The summed E-state index contributed by atoms with van der Waals surface area (Å²) in [6, 6.07) is 7.67. The second kappa shape index (κ2) is 5.56. The number of aromatic hydroxyl groups is 1. The normalized spacial score (nSPS) is 11.9. The molecule has 0 aliphatic rings. The summed E-state index contributed by atoms with van der Waals surface area (Å²) >= 11 is 0. The highest BCUT2D eigenvalue weighted by Crippen LogP contribution is 2.25. The Labute approximate surface area is 113 Å². The molecule has 0 aliphatic heterocycles. The Bertz CT molecular complexity index is 627. The predicted octanol–water partition coefficient (Wildman–Crippen LogP) is 2.31. The molecule has 0 saturated carbocycles. The molecule has 0 bridgehead atoms. The first kappa shape index (κ1) is 13.8. The summed E-state index contributed by atoms with van der Waals surface area (Å²) in [5.41, 5.74) is 5.40. The van der Waals surface area contributed by atoms with Crippen LogP contribution in [0.5, 0.6) is 5.75 Å². The molecular weight excluding hydrogens is 266 g/mol. The lowest BCUT2D eigenvalue weighted by atomic mass is 10.1. The molecule has 1 amide bonds. The number of hydrogen-bond donors (Lipinski definition) is 3. The van der Waals surface area contributed by atoms with Gasteiger partial charge in [0.05, 0.1) is 5.69 Å². The lowest BCUT2D eigenvalue weighted by Crippen LogP contribution is -2.28. The predicted molar refractivity (Wildman–Crippen MR) is 70.0 cm³/mol. The van der Waals surface area contributed by atoms with Crippen LogP contribution < -0.4 is 11.1 Å². The first-order chi connectivity index (χ1) is 9.47. The van der Waals surface area contributed by atoms with Gasteiger partial charge in [-0.05, 0) is 29.8 Å². The number of benzene rings is 2. The van der Waals surface area contributed by atoms with Crippen LogP contribution in [0.25, 0.3) is 0 Å². The molecule has 1 atom stereocenters. The number of hydrogen-bond acceptors (Lipinski definition) is 3. The molecule has 0 spiro atoms. The molecule has 1 unspecified atom stereocenters. The molecular formula is C14H12F2N2O2. The monoisotopic (exact) mass is 278 g/mol. The summed E-state index contributed by atoms with van der Waals surface area (Å²) in [6.45, 7) is 0. The summed E-state index contributed by atoms with van der Waals surface area (Å²) in [6.07, 6.45) is 0. The van der Waals surface area contributed by atoms with Crippen LogP contribution in [-0.2, 0) is 4.79 Å². The first-order valence-electron chi connectivity index (χ1n) is 5.77. The molecule has 20 heavy (non-hydrogen) atoms. The van der Waals surface area contributed by atoms with Crippen molar-refractivity contribution in [1.82, 2.24) is 0 Å². The molecule has 4 nitrogen and oxygen atoms in total. The number of nitrogens with one attached hydrogen (secondary N) is 1. The van der Waals surface area contributed by atoms with E-state index < -0.39 is 23.6 Å². The molecule has 4 N–H and O–H groups in total. The maximum atomic E-state index is 13.5. The number of primary amides is 1. The van der Waals surface area contributed by atoms with Gasteiger partial charge in [-0.15, -0.1) is 0 Å². The number of halogens is 2. The van der Waals surface area contributed by atoms with Gasteiger partial charge < -0.3 is 16.2 Å². The average molecular weight is 278 g/mol. The molecule has 0 aromatic heterocycles. The fraction of sp³-hybridized carbons (Fsp3) is 0.0714. The lowest BCUT2D eigenvalue weighted by molar-refractivity contribution is -0.118. The summed E-state index contributed by atoms with van der Waals surface area (Å²) < 4.78 is 26.8. The number of amides is 1. The van der Waals surface area contributed by atoms with E-state index in [4.69, 9.17) is 5.73 Å². The van der Waals surface area contributed by atoms with Gasteiger partial charge in [0.1, 0.15) is 23.4 Å². The van der Waals surface area contributed by atoms with Crippen LogP contribution in [0, 0.1) is 11.6 Å². The van der Waals surface area contributed by atoms with Crippen molar-refractivity contribution < 1.29 is 18.7 Å². The second-order valence-electron chi connectivity index (χ2n) is 4.20.